The van der Waals surface area contributed by atoms with Crippen LogP contribution in [0.5, 0.6) is 0 Å². The van der Waals surface area contributed by atoms with E-state index in [2.05, 4.69) is 15.6 Å². The molecule has 0 bridgehead atoms. The quantitative estimate of drug-likeness (QED) is 0.275. The average molecular weight is 580 g/mol. The second-order valence-corrected chi connectivity index (χ2v) is 9.76. The fraction of sp³-hybridized carbons (Fsp3) is 0.125. The molecule has 190 valence electrons. The van der Waals surface area contributed by atoms with E-state index in [1.54, 1.807) is 26.0 Å². The molecule has 9 nitrogen and oxygen atoms in total. The predicted molar refractivity (Wildman–Crippen MR) is 143 cm³/mol. The molecule has 3 amide bonds. The van der Waals surface area contributed by atoms with Crippen molar-refractivity contribution in [3.05, 3.63) is 79.4 Å². The zero-order valence-electron chi connectivity index (χ0n) is 19.2. The van der Waals surface area contributed by atoms with Gasteiger partial charge in [-0.3, -0.25) is 19.7 Å². The molecule has 1 aliphatic rings. The zero-order valence-corrected chi connectivity index (χ0v) is 22.3. The van der Waals surface area contributed by atoms with E-state index in [9.17, 15) is 19.2 Å². The van der Waals surface area contributed by atoms with Crippen LogP contribution in [0.2, 0.25) is 10.0 Å². The van der Waals surface area contributed by atoms with E-state index in [0.29, 0.717) is 26.8 Å². The summed E-state index contributed by atoms with van der Waals surface area (Å²) in [7, 11) is 0. The number of carbonyl (C=O) groups is 4. The third-order valence-electron chi connectivity index (χ3n) is 5.07. The Balaban J connectivity index is 1.46. The lowest BCUT2D eigenvalue weighted by molar-refractivity contribution is -0.120. The van der Waals surface area contributed by atoms with Gasteiger partial charge in [-0.15, -0.1) is 0 Å². The number of benzene rings is 2. The lowest BCUT2D eigenvalue weighted by atomic mass is 10.2. The van der Waals surface area contributed by atoms with Gasteiger partial charge < -0.3 is 10.1 Å². The molecule has 0 aliphatic carbocycles. The first kappa shape index (κ1) is 26.6. The van der Waals surface area contributed by atoms with Gasteiger partial charge in [0.05, 0.1) is 23.0 Å². The molecule has 2 N–H and O–H groups in total. The van der Waals surface area contributed by atoms with Crippen LogP contribution in [0.15, 0.2) is 53.2 Å². The van der Waals surface area contributed by atoms with Crippen LogP contribution >= 0.6 is 46.1 Å². The van der Waals surface area contributed by atoms with Crippen molar-refractivity contribution >= 4 is 86.3 Å². The van der Waals surface area contributed by atoms with Crippen LogP contribution < -0.4 is 15.5 Å². The largest absolute Gasteiger partial charge is 0.462 e. The normalized spacial score (nSPS) is 13.3. The molecule has 37 heavy (non-hydrogen) atoms. The molecule has 2 heterocycles. The second kappa shape index (κ2) is 10.9. The molecule has 1 aliphatic heterocycles. The minimum atomic E-state index is -0.740. The molecule has 13 heteroatoms. The standard InChI is InChI=1S/C24H17Cl3N4O5S/c1-3-36-23(35)19-11(2)28-24(37-19)30-20(32)12-4-7-14(8-5-12)29-18-17(27)21(33)31(22(18)34)16-9-6-13(25)10-15(16)26/h4-10,29H,3H2,1-2H3,(H,28,30,32). The van der Waals surface area contributed by atoms with Gasteiger partial charge >= 0.3 is 5.97 Å². The molecule has 4 rings (SSSR count). The number of halogens is 3. The molecule has 2 aromatic carbocycles. The zero-order chi connectivity index (χ0) is 26.9. The Kier molecular flexibility index (Phi) is 7.84. The number of esters is 1. The van der Waals surface area contributed by atoms with Crippen molar-refractivity contribution in [2.75, 3.05) is 22.1 Å². The molecule has 0 saturated heterocycles. The van der Waals surface area contributed by atoms with Crippen LogP contribution in [-0.2, 0) is 14.3 Å². The van der Waals surface area contributed by atoms with E-state index in [4.69, 9.17) is 39.5 Å². The Labute approximate surface area is 230 Å². The summed E-state index contributed by atoms with van der Waals surface area (Å²) < 4.78 is 4.98. The molecule has 3 aromatic rings. The van der Waals surface area contributed by atoms with E-state index in [1.165, 1.54) is 30.3 Å². The molecule has 0 radical (unpaired) electrons. The van der Waals surface area contributed by atoms with Crippen molar-refractivity contribution in [1.82, 2.24) is 4.98 Å². The number of hydrogen-bond acceptors (Lipinski definition) is 8. The van der Waals surface area contributed by atoms with Gasteiger partial charge in [0.25, 0.3) is 17.7 Å². The molecule has 0 atom stereocenters. The first-order chi connectivity index (χ1) is 17.6. The number of imide groups is 1. The number of carbonyl (C=O) groups excluding carboxylic acids is 4. The number of nitrogens with one attached hydrogen (secondary N) is 2. The molecular formula is C24H17Cl3N4O5S. The Morgan fingerprint density at radius 1 is 1.05 bits per heavy atom. The molecular weight excluding hydrogens is 563 g/mol. The maximum absolute atomic E-state index is 13.0. The average Bonchev–Trinajstić information content (AvgIpc) is 3.32. The maximum Gasteiger partial charge on any atom is 0.350 e. The summed E-state index contributed by atoms with van der Waals surface area (Å²) in [6.45, 7) is 3.58. The lowest BCUT2D eigenvalue weighted by Crippen LogP contribution is -2.32. The number of thiazole rings is 1. The Bertz CT molecular complexity index is 1470. The fourth-order valence-electron chi connectivity index (χ4n) is 3.35. The van der Waals surface area contributed by atoms with Gasteiger partial charge in [-0.05, 0) is 56.3 Å². The SMILES string of the molecule is CCOC(=O)c1sc(NC(=O)c2ccc(NC3=C(Cl)C(=O)N(c4ccc(Cl)cc4Cl)C3=O)cc2)nc1C. The molecule has 0 unspecified atom stereocenters. The van der Waals surface area contributed by atoms with E-state index in [1.807, 2.05) is 0 Å². The number of anilines is 3. The van der Waals surface area contributed by atoms with Crippen LogP contribution in [0.25, 0.3) is 0 Å². The summed E-state index contributed by atoms with van der Waals surface area (Å²) in [5, 5.41) is 5.87. The second-order valence-electron chi connectivity index (χ2n) is 7.54. The molecule has 0 spiro atoms. The number of nitrogens with zero attached hydrogens (tertiary/aromatic N) is 2. The van der Waals surface area contributed by atoms with Crippen LogP contribution in [0, 0.1) is 6.92 Å². The van der Waals surface area contributed by atoms with Crippen LogP contribution in [0.3, 0.4) is 0 Å². The minimum Gasteiger partial charge on any atom is -0.462 e. The molecule has 0 fully saturated rings. The van der Waals surface area contributed by atoms with Crippen molar-refractivity contribution in [1.29, 1.82) is 0 Å². The van der Waals surface area contributed by atoms with Gasteiger partial charge in [0.2, 0.25) is 0 Å². The van der Waals surface area contributed by atoms with Crippen LogP contribution in [0.4, 0.5) is 16.5 Å². The smallest absolute Gasteiger partial charge is 0.350 e. The number of amides is 3. The van der Waals surface area contributed by atoms with Crippen molar-refractivity contribution in [3.63, 3.8) is 0 Å². The highest BCUT2D eigenvalue weighted by Crippen LogP contribution is 2.35. The van der Waals surface area contributed by atoms with E-state index in [0.717, 1.165) is 16.2 Å². The van der Waals surface area contributed by atoms with Gasteiger partial charge in [0, 0.05) is 16.3 Å². The molecule has 0 saturated carbocycles. The highest BCUT2D eigenvalue weighted by atomic mass is 35.5. The third kappa shape index (κ3) is 5.47. The first-order valence-corrected chi connectivity index (χ1v) is 12.6. The Morgan fingerprint density at radius 3 is 2.41 bits per heavy atom. The van der Waals surface area contributed by atoms with Gasteiger partial charge in [0.1, 0.15) is 15.6 Å². The topological polar surface area (TPSA) is 118 Å². The number of ether oxygens (including phenoxy) is 1. The number of rotatable bonds is 7. The number of hydrogen-bond donors (Lipinski definition) is 2. The predicted octanol–water partition coefficient (Wildman–Crippen LogP) is 5.62. The number of aromatic nitrogens is 1. The summed E-state index contributed by atoms with van der Waals surface area (Å²) in [6.07, 6.45) is 0. The van der Waals surface area contributed by atoms with Gasteiger partial charge in [-0.2, -0.15) is 0 Å². The summed E-state index contributed by atoms with van der Waals surface area (Å²) in [6, 6.07) is 10.4. The van der Waals surface area contributed by atoms with Gasteiger partial charge in [0.15, 0.2) is 5.13 Å². The van der Waals surface area contributed by atoms with Gasteiger partial charge in [-0.1, -0.05) is 46.1 Å². The fourth-order valence-corrected chi connectivity index (χ4v) is 4.91. The van der Waals surface area contributed by atoms with Crippen molar-refractivity contribution in [2.24, 2.45) is 0 Å². The maximum atomic E-state index is 13.0. The van der Waals surface area contributed by atoms with Crippen molar-refractivity contribution < 1.29 is 23.9 Å². The minimum absolute atomic E-state index is 0.111. The summed E-state index contributed by atoms with van der Waals surface area (Å²) in [5.41, 5.74) is 1.16. The number of aryl methyl sites for hydroxylation is 1. The van der Waals surface area contributed by atoms with E-state index >= 15 is 0 Å². The van der Waals surface area contributed by atoms with Crippen LogP contribution in [-0.4, -0.2) is 35.3 Å². The van der Waals surface area contributed by atoms with E-state index in [-0.39, 0.29) is 33.2 Å². The summed E-state index contributed by atoms with van der Waals surface area (Å²) in [4.78, 5) is 55.6. The summed E-state index contributed by atoms with van der Waals surface area (Å²) in [5.74, 6) is -2.39. The highest BCUT2D eigenvalue weighted by Gasteiger charge is 2.39. The van der Waals surface area contributed by atoms with Gasteiger partial charge in [-0.25, -0.2) is 14.7 Å². The highest BCUT2D eigenvalue weighted by molar-refractivity contribution is 7.17. The Hall–Kier alpha value is -3.44. The lowest BCUT2D eigenvalue weighted by Gasteiger charge is -2.16. The van der Waals surface area contributed by atoms with Crippen molar-refractivity contribution in [3.8, 4) is 0 Å². The summed E-state index contributed by atoms with van der Waals surface area (Å²) >= 11 is 19.2. The first-order valence-electron chi connectivity index (χ1n) is 10.7. The monoisotopic (exact) mass is 578 g/mol. The van der Waals surface area contributed by atoms with E-state index < -0.39 is 23.7 Å². The van der Waals surface area contributed by atoms with Crippen molar-refractivity contribution in [2.45, 2.75) is 13.8 Å². The molecule has 1 aromatic heterocycles. The van der Waals surface area contributed by atoms with Crippen LogP contribution in [0.1, 0.15) is 32.6 Å². The third-order valence-corrected chi connectivity index (χ3v) is 7.01. The Morgan fingerprint density at radius 2 is 1.76 bits per heavy atom.